The second-order valence-corrected chi connectivity index (χ2v) is 9.96. The molecular formula is C26H21ClINO4S. The van der Waals surface area contributed by atoms with Gasteiger partial charge in [-0.1, -0.05) is 60.1 Å². The molecule has 0 N–H and O–H groups in total. The van der Waals surface area contributed by atoms with Gasteiger partial charge in [0.15, 0.2) is 11.5 Å². The van der Waals surface area contributed by atoms with Crippen LogP contribution in [0.15, 0.2) is 71.6 Å². The lowest BCUT2D eigenvalue weighted by Gasteiger charge is -2.15. The summed E-state index contributed by atoms with van der Waals surface area (Å²) in [5.41, 5.74) is 2.53. The van der Waals surface area contributed by atoms with Gasteiger partial charge < -0.3 is 9.47 Å². The van der Waals surface area contributed by atoms with Gasteiger partial charge in [0, 0.05) is 5.02 Å². The monoisotopic (exact) mass is 605 g/mol. The summed E-state index contributed by atoms with van der Waals surface area (Å²) in [6, 6.07) is 20.8. The molecule has 1 fully saturated rings. The highest BCUT2D eigenvalue weighted by atomic mass is 127. The molecule has 2 amide bonds. The Hall–Kier alpha value is -2.49. The zero-order valence-corrected chi connectivity index (χ0v) is 22.0. The van der Waals surface area contributed by atoms with Crippen molar-refractivity contribution in [1.82, 2.24) is 4.90 Å². The SMILES string of the molecule is CCOc1cc(/C=C2/SC(=O)N(Cc3ccccc3Cl)C2=O)cc(I)c1OCc1ccccc1. The Morgan fingerprint density at radius 2 is 1.76 bits per heavy atom. The second-order valence-electron chi connectivity index (χ2n) is 7.40. The minimum Gasteiger partial charge on any atom is -0.490 e. The largest absolute Gasteiger partial charge is 0.490 e. The van der Waals surface area contributed by atoms with Gasteiger partial charge in [0.2, 0.25) is 0 Å². The lowest BCUT2D eigenvalue weighted by Crippen LogP contribution is -2.27. The van der Waals surface area contributed by atoms with Crippen molar-refractivity contribution in [1.29, 1.82) is 0 Å². The van der Waals surface area contributed by atoms with E-state index in [-0.39, 0.29) is 17.7 Å². The molecule has 1 aliphatic heterocycles. The fourth-order valence-electron chi connectivity index (χ4n) is 3.39. The lowest BCUT2D eigenvalue weighted by molar-refractivity contribution is -0.123. The van der Waals surface area contributed by atoms with Crippen LogP contribution in [0, 0.1) is 3.57 Å². The van der Waals surface area contributed by atoms with Gasteiger partial charge in [0.25, 0.3) is 11.1 Å². The van der Waals surface area contributed by atoms with Gasteiger partial charge in [-0.3, -0.25) is 14.5 Å². The van der Waals surface area contributed by atoms with E-state index in [0.717, 1.165) is 32.0 Å². The standard InChI is InChI=1S/C26H21ClINO4S/c1-2-32-22-13-18(12-21(28)24(22)33-16-17-8-4-3-5-9-17)14-23-25(30)29(26(31)34-23)15-19-10-6-7-11-20(19)27/h3-14H,2,15-16H2,1H3/b23-14+. The quantitative estimate of drug-likeness (QED) is 0.202. The first-order valence-electron chi connectivity index (χ1n) is 10.6. The number of rotatable bonds is 8. The molecule has 0 bridgehead atoms. The van der Waals surface area contributed by atoms with E-state index in [1.807, 2.05) is 61.5 Å². The molecule has 1 aliphatic rings. The number of ether oxygens (including phenoxy) is 2. The number of hydrogen-bond donors (Lipinski definition) is 0. The van der Waals surface area contributed by atoms with Crippen molar-refractivity contribution in [3.8, 4) is 11.5 Å². The summed E-state index contributed by atoms with van der Waals surface area (Å²) in [4.78, 5) is 27.1. The van der Waals surface area contributed by atoms with Crippen LogP contribution in [0.3, 0.4) is 0 Å². The van der Waals surface area contributed by atoms with E-state index >= 15 is 0 Å². The molecular weight excluding hydrogens is 585 g/mol. The fourth-order valence-corrected chi connectivity index (χ4v) is 5.20. The van der Waals surface area contributed by atoms with Crippen LogP contribution < -0.4 is 9.47 Å². The number of halogens is 2. The minimum atomic E-state index is -0.340. The Labute approximate surface area is 221 Å². The maximum absolute atomic E-state index is 13.0. The molecule has 174 valence electrons. The molecule has 0 aromatic heterocycles. The average Bonchev–Trinajstić information content (AvgIpc) is 3.08. The first kappa shape index (κ1) is 24.6. The van der Waals surface area contributed by atoms with Crippen molar-refractivity contribution in [3.05, 3.63) is 96.9 Å². The summed E-state index contributed by atoms with van der Waals surface area (Å²) < 4.78 is 12.7. The maximum atomic E-state index is 13.0. The second kappa shape index (κ2) is 11.3. The Morgan fingerprint density at radius 1 is 1.03 bits per heavy atom. The van der Waals surface area contributed by atoms with Crippen molar-refractivity contribution in [2.45, 2.75) is 20.1 Å². The van der Waals surface area contributed by atoms with Crippen LogP contribution in [0.1, 0.15) is 23.6 Å². The van der Waals surface area contributed by atoms with E-state index in [2.05, 4.69) is 22.6 Å². The topological polar surface area (TPSA) is 55.8 Å². The van der Waals surface area contributed by atoms with Crippen LogP contribution in [0.25, 0.3) is 6.08 Å². The zero-order valence-electron chi connectivity index (χ0n) is 18.3. The van der Waals surface area contributed by atoms with Gasteiger partial charge in [-0.05, 0) is 82.2 Å². The van der Waals surface area contributed by atoms with Crippen molar-refractivity contribution in [3.63, 3.8) is 0 Å². The third kappa shape index (κ3) is 5.76. The van der Waals surface area contributed by atoms with Crippen LogP contribution >= 0.6 is 46.0 Å². The molecule has 0 saturated carbocycles. The number of carbonyl (C=O) groups excluding carboxylic acids is 2. The summed E-state index contributed by atoms with van der Waals surface area (Å²) in [7, 11) is 0. The summed E-state index contributed by atoms with van der Waals surface area (Å²) in [5, 5.41) is 0.200. The van der Waals surface area contributed by atoms with E-state index in [4.69, 9.17) is 21.1 Å². The Balaban J connectivity index is 1.56. The number of nitrogens with zero attached hydrogens (tertiary/aromatic N) is 1. The summed E-state index contributed by atoms with van der Waals surface area (Å²) >= 11 is 9.33. The number of benzene rings is 3. The van der Waals surface area contributed by atoms with Gasteiger partial charge in [-0.25, -0.2) is 0 Å². The molecule has 3 aromatic carbocycles. The molecule has 0 unspecified atom stereocenters. The predicted molar refractivity (Wildman–Crippen MR) is 144 cm³/mol. The molecule has 1 heterocycles. The third-order valence-corrected chi connectivity index (χ3v) is 7.09. The molecule has 5 nitrogen and oxygen atoms in total. The normalized spacial score (nSPS) is 14.7. The molecule has 34 heavy (non-hydrogen) atoms. The van der Waals surface area contributed by atoms with Crippen LogP contribution in [0.4, 0.5) is 4.79 Å². The number of thioether (sulfide) groups is 1. The number of hydrogen-bond acceptors (Lipinski definition) is 5. The van der Waals surface area contributed by atoms with Crippen molar-refractivity contribution in [2.24, 2.45) is 0 Å². The summed E-state index contributed by atoms with van der Waals surface area (Å²) in [6.07, 6.45) is 1.71. The highest BCUT2D eigenvalue weighted by molar-refractivity contribution is 14.1. The number of carbonyl (C=O) groups is 2. The van der Waals surface area contributed by atoms with Gasteiger partial charge in [0.1, 0.15) is 6.61 Å². The first-order chi connectivity index (χ1) is 16.5. The van der Waals surface area contributed by atoms with E-state index < -0.39 is 0 Å². The van der Waals surface area contributed by atoms with E-state index in [9.17, 15) is 9.59 Å². The lowest BCUT2D eigenvalue weighted by atomic mass is 10.1. The molecule has 0 aliphatic carbocycles. The summed E-state index contributed by atoms with van der Waals surface area (Å²) in [6.45, 7) is 2.92. The maximum Gasteiger partial charge on any atom is 0.293 e. The highest BCUT2D eigenvalue weighted by Gasteiger charge is 2.35. The van der Waals surface area contributed by atoms with Crippen molar-refractivity contribution >= 4 is 63.2 Å². The fraction of sp³-hybridized carbons (Fsp3) is 0.154. The first-order valence-corrected chi connectivity index (χ1v) is 12.9. The van der Waals surface area contributed by atoms with E-state index in [1.54, 1.807) is 18.2 Å². The highest BCUT2D eigenvalue weighted by Crippen LogP contribution is 2.38. The molecule has 4 rings (SSSR count). The van der Waals surface area contributed by atoms with Crippen molar-refractivity contribution < 1.29 is 19.1 Å². The molecule has 3 aromatic rings. The van der Waals surface area contributed by atoms with Crippen LogP contribution in [0.5, 0.6) is 11.5 Å². The van der Waals surface area contributed by atoms with Gasteiger partial charge in [-0.15, -0.1) is 0 Å². The smallest absolute Gasteiger partial charge is 0.293 e. The zero-order chi connectivity index (χ0) is 24.1. The summed E-state index contributed by atoms with van der Waals surface area (Å²) in [5.74, 6) is 0.898. The van der Waals surface area contributed by atoms with Gasteiger partial charge in [0.05, 0.1) is 21.6 Å². The van der Waals surface area contributed by atoms with Gasteiger partial charge in [-0.2, -0.15) is 0 Å². The van der Waals surface area contributed by atoms with Crippen LogP contribution in [-0.4, -0.2) is 22.7 Å². The Kier molecular flexibility index (Phi) is 8.18. The minimum absolute atomic E-state index is 0.135. The number of amides is 2. The van der Waals surface area contributed by atoms with E-state index in [0.29, 0.717) is 34.6 Å². The average molecular weight is 606 g/mol. The molecule has 0 spiro atoms. The van der Waals surface area contributed by atoms with E-state index in [1.165, 1.54) is 4.90 Å². The molecule has 0 atom stereocenters. The Morgan fingerprint density at radius 3 is 2.50 bits per heavy atom. The van der Waals surface area contributed by atoms with Crippen LogP contribution in [-0.2, 0) is 17.9 Å². The molecule has 0 radical (unpaired) electrons. The predicted octanol–water partition coefficient (Wildman–Crippen LogP) is 7.16. The third-order valence-electron chi connectivity index (χ3n) is 5.02. The van der Waals surface area contributed by atoms with Gasteiger partial charge >= 0.3 is 0 Å². The number of imide groups is 1. The molecule has 1 saturated heterocycles. The Bertz CT molecular complexity index is 1250. The van der Waals surface area contributed by atoms with Crippen LogP contribution in [0.2, 0.25) is 5.02 Å². The molecule has 8 heteroatoms. The van der Waals surface area contributed by atoms with Crippen molar-refractivity contribution in [2.75, 3.05) is 6.61 Å².